The van der Waals surface area contributed by atoms with Crippen LogP contribution in [0.5, 0.6) is 5.75 Å². The molecule has 0 fully saturated rings. The second kappa shape index (κ2) is 7.71. The largest absolute Gasteiger partial charge is 0.496 e. The Hall–Kier alpha value is -2.37. The first-order chi connectivity index (χ1) is 12.8. The highest BCUT2D eigenvalue weighted by Gasteiger charge is 2.16. The zero-order valence-electron chi connectivity index (χ0n) is 15.7. The monoisotopic (exact) mass is 400 g/mol. The zero-order chi connectivity index (χ0) is 19.6. The van der Waals surface area contributed by atoms with E-state index in [9.17, 15) is 4.79 Å². The SMILES string of the molecule is COc1ccc(Cl)cc1C(=O)Nc1nc(-c2ccc(C(C)(C)C)cc2)cs1. The quantitative estimate of drug-likeness (QED) is 0.582. The van der Waals surface area contributed by atoms with Gasteiger partial charge in [0.2, 0.25) is 0 Å². The Balaban J connectivity index is 1.78. The molecule has 6 heteroatoms. The molecule has 0 saturated heterocycles. The molecule has 1 aromatic heterocycles. The van der Waals surface area contributed by atoms with Crippen LogP contribution >= 0.6 is 22.9 Å². The van der Waals surface area contributed by atoms with Crippen molar-refractivity contribution in [1.82, 2.24) is 4.98 Å². The number of hydrogen-bond acceptors (Lipinski definition) is 4. The van der Waals surface area contributed by atoms with E-state index >= 15 is 0 Å². The molecule has 0 saturated carbocycles. The van der Waals surface area contributed by atoms with Gasteiger partial charge in [0.1, 0.15) is 5.75 Å². The molecule has 0 spiro atoms. The van der Waals surface area contributed by atoms with E-state index in [0.717, 1.165) is 11.3 Å². The summed E-state index contributed by atoms with van der Waals surface area (Å²) in [6.45, 7) is 6.55. The number of ether oxygens (including phenoxy) is 1. The summed E-state index contributed by atoms with van der Waals surface area (Å²) in [7, 11) is 1.52. The van der Waals surface area contributed by atoms with Crippen molar-refractivity contribution in [3.63, 3.8) is 0 Å². The summed E-state index contributed by atoms with van der Waals surface area (Å²) in [4.78, 5) is 17.1. The fraction of sp³-hybridized carbons (Fsp3) is 0.238. The van der Waals surface area contributed by atoms with Crippen molar-refractivity contribution in [1.29, 1.82) is 0 Å². The average Bonchev–Trinajstić information content (AvgIpc) is 3.09. The van der Waals surface area contributed by atoms with E-state index in [0.29, 0.717) is 21.5 Å². The van der Waals surface area contributed by atoms with Crippen LogP contribution in [0, 0.1) is 0 Å². The number of benzene rings is 2. The highest BCUT2D eigenvalue weighted by atomic mass is 35.5. The van der Waals surface area contributed by atoms with Crippen LogP contribution in [0.1, 0.15) is 36.7 Å². The van der Waals surface area contributed by atoms with Crippen LogP contribution in [0.15, 0.2) is 47.8 Å². The number of methoxy groups -OCH3 is 1. The third kappa shape index (κ3) is 4.49. The van der Waals surface area contributed by atoms with Gasteiger partial charge >= 0.3 is 0 Å². The number of amides is 1. The number of carbonyl (C=O) groups excluding carboxylic acids is 1. The lowest BCUT2D eigenvalue weighted by Crippen LogP contribution is -2.13. The van der Waals surface area contributed by atoms with Gasteiger partial charge in [-0.15, -0.1) is 11.3 Å². The minimum absolute atomic E-state index is 0.107. The van der Waals surface area contributed by atoms with E-state index in [1.807, 2.05) is 5.38 Å². The molecule has 0 aliphatic heterocycles. The number of carbonyl (C=O) groups is 1. The van der Waals surface area contributed by atoms with Gasteiger partial charge in [0.15, 0.2) is 5.13 Å². The molecular formula is C21H21ClN2O2S. The van der Waals surface area contributed by atoms with Crippen molar-refractivity contribution in [3.05, 3.63) is 64.0 Å². The Morgan fingerprint density at radius 2 is 1.85 bits per heavy atom. The standard InChI is InChI=1S/C21H21ClN2O2S/c1-21(2,3)14-7-5-13(6-8-14)17-12-27-20(23-17)24-19(25)16-11-15(22)9-10-18(16)26-4/h5-12H,1-4H3,(H,23,24,25). The summed E-state index contributed by atoms with van der Waals surface area (Å²) in [5, 5.41) is 5.74. The van der Waals surface area contributed by atoms with Gasteiger partial charge in [-0.1, -0.05) is 56.6 Å². The normalized spacial score (nSPS) is 11.3. The molecule has 3 rings (SSSR count). The number of thiazole rings is 1. The maximum atomic E-state index is 12.6. The molecule has 3 aromatic rings. The summed E-state index contributed by atoms with van der Waals surface area (Å²) < 4.78 is 5.24. The van der Waals surface area contributed by atoms with E-state index < -0.39 is 0 Å². The molecule has 1 heterocycles. The first-order valence-electron chi connectivity index (χ1n) is 8.49. The summed E-state index contributed by atoms with van der Waals surface area (Å²) in [6.07, 6.45) is 0. The van der Waals surface area contributed by atoms with Gasteiger partial charge in [-0.3, -0.25) is 10.1 Å². The lowest BCUT2D eigenvalue weighted by atomic mass is 9.86. The fourth-order valence-corrected chi connectivity index (χ4v) is 3.51. The molecule has 1 N–H and O–H groups in total. The van der Waals surface area contributed by atoms with Crippen LogP contribution in [-0.2, 0) is 5.41 Å². The minimum atomic E-state index is -0.307. The number of hydrogen-bond donors (Lipinski definition) is 1. The van der Waals surface area contributed by atoms with Gasteiger partial charge in [-0.25, -0.2) is 4.98 Å². The molecule has 0 aliphatic carbocycles. The fourth-order valence-electron chi connectivity index (χ4n) is 2.63. The predicted octanol–water partition coefficient (Wildman–Crippen LogP) is 6.02. The summed E-state index contributed by atoms with van der Waals surface area (Å²) in [6, 6.07) is 13.3. The van der Waals surface area contributed by atoms with E-state index in [1.54, 1.807) is 18.2 Å². The van der Waals surface area contributed by atoms with Crippen molar-refractivity contribution in [2.24, 2.45) is 0 Å². The lowest BCUT2D eigenvalue weighted by Gasteiger charge is -2.18. The van der Waals surface area contributed by atoms with Crippen LogP contribution in [0.4, 0.5) is 5.13 Å². The molecule has 27 heavy (non-hydrogen) atoms. The molecule has 0 atom stereocenters. The van der Waals surface area contributed by atoms with Gasteiger partial charge in [0.05, 0.1) is 18.4 Å². The highest BCUT2D eigenvalue weighted by Crippen LogP contribution is 2.29. The maximum absolute atomic E-state index is 12.6. The molecular weight excluding hydrogens is 380 g/mol. The predicted molar refractivity (Wildman–Crippen MR) is 112 cm³/mol. The Morgan fingerprint density at radius 3 is 2.48 bits per heavy atom. The molecule has 0 radical (unpaired) electrons. The molecule has 0 bridgehead atoms. The number of nitrogens with one attached hydrogen (secondary N) is 1. The number of nitrogens with zero attached hydrogens (tertiary/aromatic N) is 1. The van der Waals surface area contributed by atoms with Crippen molar-refractivity contribution in [2.45, 2.75) is 26.2 Å². The topological polar surface area (TPSA) is 51.2 Å². The van der Waals surface area contributed by atoms with Crippen LogP contribution in [-0.4, -0.2) is 18.0 Å². The summed E-state index contributed by atoms with van der Waals surface area (Å²) in [5.74, 6) is 0.157. The summed E-state index contributed by atoms with van der Waals surface area (Å²) in [5.41, 5.74) is 3.59. The highest BCUT2D eigenvalue weighted by molar-refractivity contribution is 7.14. The lowest BCUT2D eigenvalue weighted by molar-refractivity contribution is 0.102. The van der Waals surface area contributed by atoms with Crippen LogP contribution < -0.4 is 10.1 Å². The molecule has 140 valence electrons. The Kier molecular flexibility index (Phi) is 5.53. The van der Waals surface area contributed by atoms with Crippen molar-refractivity contribution >= 4 is 34.0 Å². The van der Waals surface area contributed by atoms with E-state index in [4.69, 9.17) is 16.3 Å². The van der Waals surface area contributed by atoms with Crippen LogP contribution in [0.2, 0.25) is 5.02 Å². The minimum Gasteiger partial charge on any atom is -0.496 e. The third-order valence-electron chi connectivity index (χ3n) is 4.18. The maximum Gasteiger partial charge on any atom is 0.261 e. The van der Waals surface area contributed by atoms with Crippen LogP contribution in [0.25, 0.3) is 11.3 Å². The molecule has 0 aliphatic rings. The Labute approximate surface area is 168 Å². The van der Waals surface area contributed by atoms with E-state index in [-0.39, 0.29) is 11.3 Å². The average molecular weight is 401 g/mol. The van der Waals surface area contributed by atoms with Crippen LogP contribution in [0.3, 0.4) is 0 Å². The second-order valence-electron chi connectivity index (χ2n) is 7.16. The van der Waals surface area contributed by atoms with E-state index in [2.05, 4.69) is 55.3 Å². The third-order valence-corrected chi connectivity index (χ3v) is 5.17. The second-order valence-corrected chi connectivity index (χ2v) is 8.46. The number of aromatic nitrogens is 1. The van der Waals surface area contributed by atoms with E-state index in [1.165, 1.54) is 24.0 Å². The van der Waals surface area contributed by atoms with Crippen molar-refractivity contribution < 1.29 is 9.53 Å². The van der Waals surface area contributed by atoms with Crippen molar-refractivity contribution in [2.75, 3.05) is 12.4 Å². The first-order valence-corrected chi connectivity index (χ1v) is 9.75. The zero-order valence-corrected chi connectivity index (χ0v) is 17.2. The number of halogens is 1. The summed E-state index contributed by atoms with van der Waals surface area (Å²) >= 11 is 7.38. The van der Waals surface area contributed by atoms with Gasteiger partial charge < -0.3 is 4.74 Å². The number of anilines is 1. The number of rotatable bonds is 4. The van der Waals surface area contributed by atoms with Gasteiger partial charge in [-0.05, 0) is 29.2 Å². The van der Waals surface area contributed by atoms with Crippen molar-refractivity contribution in [3.8, 4) is 17.0 Å². The first kappa shape index (κ1) is 19.4. The van der Waals surface area contributed by atoms with Gasteiger partial charge in [0, 0.05) is 16.0 Å². The molecule has 2 aromatic carbocycles. The van der Waals surface area contributed by atoms with Gasteiger partial charge in [0.25, 0.3) is 5.91 Å². The van der Waals surface area contributed by atoms with Gasteiger partial charge in [-0.2, -0.15) is 0 Å². The Morgan fingerprint density at radius 1 is 1.15 bits per heavy atom. The molecule has 4 nitrogen and oxygen atoms in total. The Bertz CT molecular complexity index is 959. The molecule has 1 amide bonds. The smallest absolute Gasteiger partial charge is 0.261 e. The molecule has 0 unspecified atom stereocenters.